The minimum Gasteiger partial charge on any atom is -0.352 e. The zero-order chi connectivity index (χ0) is 21.7. The lowest BCUT2D eigenvalue weighted by molar-refractivity contribution is -0.119. The molecule has 2 aromatic rings. The van der Waals surface area contributed by atoms with Crippen LogP contribution in [-0.4, -0.2) is 41.5 Å². The van der Waals surface area contributed by atoms with Crippen LogP contribution in [0.4, 0.5) is 5.69 Å². The quantitative estimate of drug-likeness (QED) is 0.561. The standard InChI is InChI=1S/C18H21N3O6S2/c1-13-5-3-7-15(11-13)20-29(26,27)16-8-4-6-14(12-16)18(23)19-10-9-17(22)21-28(2,24)25/h3-8,11-12,20H,9-10H2,1-2H3,(H,19,23)(H,21,22). The van der Waals surface area contributed by atoms with Gasteiger partial charge >= 0.3 is 0 Å². The van der Waals surface area contributed by atoms with Gasteiger partial charge in [0.2, 0.25) is 15.9 Å². The summed E-state index contributed by atoms with van der Waals surface area (Å²) < 4.78 is 51.3. The summed E-state index contributed by atoms with van der Waals surface area (Å²) in [5.74, 6) is -1.35. The van der Waals surface area contributed by atoms with Gasteiger partial charge in [-0.15, -0.1) is 0 Å². The highest BCUT2D eigenvalue weighted by Gasteiger charge is 2.17. The second-order valence-corrected chi connectivity index (χ2v) is 9.74. The molecule has 0 heterocycles. The molecule has 0 radical (unpaired) electrons. The van der Waals surface area contributed by atoms with Gasteiger partial charge in [0.25, 0.3) is 15.9 Å². The van der Waals surface area contributed by atoms with Crippen LogP contribution in [0.15, 0.2) is 53.4 Å². The van der Waals surface area contributed by atoms with Crippen LogP contribution in [0.25, 0.3) is 0 Å². The number of rotatable bonds is 8. The van der Waals surface area contributed by atoms with Gasteiger partial charge in [-0.25, -0.2) is 16.8 Å². The van der Waals surface area contributed by atoms with Crippen LogP contribution in [0.2, 0.25) is 0 Å². The van der Waals surface area contributed by atoms with Gasteiger partial charge < -0.3 is 5.32 Å². The maximum Gasteiger partial charge on any atom is 0.261 e. The first kappa shape index (κ1) is 22.4. The fourth-order valence-electron chi connectivity index (χ4n) is 2.38. The third kappa shape index (κ3) is 7.20. The van der Waals surface area contributed by atoms with Gasteiger partial charge in [-0.2, -0.15) is 0 Å². The molecule has 3 N–H and O–H groups in total. The van der Waals surface area contributed by atoms with Gasteiger partial charge in [0.05, 0.1) is 11.2 Å². The molecule has 0 spiro atoms. The first-order valence-corrected chi connectivity index (χ1v) is 11.8. The predicted molar refractivity (Wildman–Crippen MR) is 108 cm³/mol. The molecule has 0 aliphatic rings. The van der Waals surface area contributed by atoms with Gasteiger partial charge in [-0.3, -0.25) is 19.0 Å². The molecular weight excluding hydrogens is 418 g/mol. The Bertz CT molecular complexity index is 1130. The van der Waals surface area contributed by atoms with Crippen LogP contribution in [0.1, 0.15) is 22.3 Å². The van der Waals surface area contributed by atoms with E-state index in [1.165, 1.54) is 24.3 Å². The van der Waals surface area contributed by atoms with Crippen molar-refractivity contribution in [3.05, 3.63) is 59.7 Å². The summed E-state index contributed by atoms with van der Waals surface area (Å²) in [6.45, 7) is 1.72. The number of aryl methyl sites for hydroxylation is 1. The summed E-state index contributed by atoms with van der Waals surface area (Å²) >= 11 is 0. The second kappa shape index (κ2) is 9.05. The lowest BCUT2D eigenvalue weighted by atomic mass is 10.2. The number of benzene rings is 2. The Kier molecular flexibility index (Phi) is 6.98. The summed E-state index contributed by atoms with van der Waals surface area (Å²) in [7, 11) is -7.56. The van der Waals surface area contributed by atoms with Gasteiger partial charge in [0.1, 0.15) is 0 Å². The van der Waals surface area contributed by atoms with Crippen molar-refractivity contribution in [1.29, 1.82) is 0 Å². The van der Waals surface area contributed by atoms with Crippen molar-refractivity contribution in [2.24, 2.45) is 0 Å². The zero-order valence-corrected chi connectivity index (χ0v) is 17.4. The summed E-state index contributed by atoms with van der Waals surface area (Å²) in [5, 5.41) is 2.44. The number of sulfonamides is 2. The number of hydrogen-bond acceptors (Lipinski definition) is 6. The molecular formula is C18H21N3O6S2. The van der Waals surface area contributed by atoms with Crippen LogP contribution < -0.4 is 14.8 Å². The monoisotopic (exact) mass is 439 g/mol. The Morgan fingerprint density at radius 1 is 0.966 bits per heavy atom. The fourth-order valence-corrected chi connectivity index (χ4v) is 3.99. The molecule has 0 aliphatic heterocycles. The highest BCUT2D eigenvalue weighted by Crippen LogP contribution is 2.18. The van der Waals surface area contributed by atoms with Crippen molar-refractivity contribution in [2.75, 3.05) is 17.5 Å². The van der Waals surface area contributed by atoms with E-state index in [-0.39, 0.29) is 23.4 Å². The van der Waals surface area contributed by atoms with E-state index < -0.39 is 31.9 Å². The molecule has 2 rings (SSSR count). The van der Waals surface area contributed by atoms with Crippen LogP contribution in [-0.2, 0) is 24.8 Å². The molecule has 29 heavy (non-hydrogen) atoms. The minimum absolute atomic E-state index is 0.0839. The van der Waals surface area contributed by atoms with E-state index in [1.807, 2.05) is 13.0 Å². The van der Waals surface area contributed by atoms with Crippen LogP contribution >= 0.6 is 0 Å². The average Bonchev–Trinajstić information content (AvgIpc) is 2.60. The minimum atomic E-state index is -3.90. The van der Waals surface area contributed by atoms with E-state index in [2.05, 4.69) is 10.0 Å². The molecule has 156 valence electrons. The molecule has 0 saturated heterocycles. The number of amides is 2. The predicted octanol–water partition coefficient (Wildman–Crippen LogP) is 0.992. The molecule has 11 heteroatoms. The Hall–Kier alpha value is -2.92. The second-order valence-electron chi connectivity index (χ2n) is 6.31. The number of carbonyl (C=O) groups is 2. The number of nitrogens with one attached hydrogen (secondary N) is 3. The van der Waals surface area contributed by atoms with E-state index in [0.29, 0.717) is 5.69 Å². The Morgan fingerprint density at radius 2 is 1.66 bits per heavy atom. The maximum absolute atomic E-state index is 12.6. The first-order chi connectivity index (χ1) is 13.5. The van der Waals surface area contributed by atoms with Crippen molar-refractivity contribution in [1.82, 2.24) is 10.0 Å². The Labute approximate surface area is 169 Å². The molecule has 2 amide bonds. The summed E-state index contributed by atoms with van der Waals surface area (Å²) in [6.07, 6.45) is 0.603. The molecule has 0 atom stereocenters. The van der Waals surface area contributed by atoms with E-state index >= 15 is 0 Å². The van der Waals surface area contributed by atoms with E-state index in [4.69, 9.17) is 0 Å². The van der Waals surface area contributed by atoms with Crippen molar-refractivity contribution in [3.63, 3.8) is 0 Å². The van der Waals surface area contributed by atoms with E-state index in [1.54, 1.807) is 22.9 Å². The van der Waals surface area contributed by atoms with Crippen LogP contribution in [0, 0.1) is 6.92 Å². The van der Waals surface area contributed by atoms with E-state index in [0.717, 1.165) is 11.8 Å². The number of hydrogen-bond donors (Lipinski definition) is 3. The fraction of sp³-hybridized carbons (Fsp3) is 0.222. The molecule has 2 aromatic carbocycles. The van der Waals surface area contributed by atoms with Crippen molar-refractivity contribution >= 4 is 37.5 Å². The number of carbonyl (C=O) groups excluding carboxylic acids is 2. The molecule has 0 bridgehead atoms. The zero-order valence-electron chi connectivity index (χ0n) is 15.8. The summed E-state index contributed by atoms with van der Waals surface area (Å²) in [6, 6.07) is 12.3. The van der Waals surface area contributed by atoms with Crippen molar-refractivity contribution in [2.45, 2.75) is 18.2 Å². The van der Waals surface area contributed by atoms with Gasteiger partial charge in [-0.05, 0) is 42.8 Å². The third-order valence-electron chi connectivity index (χ3n) is 3.61. The molecule has 0 fully saturated rings. The first-order valence-electron chi connectivity index (χ1n) is 8.45. The molecule has 0 aromatic heterocycles. The van der Waals surface area contributed by atoms with E-state index in [9.17, 15) is 26.4 Å². The maximum atomic E-state index is 12.6. The normalized spacial score (nSPS) is 11.5. The summed E-state index contributed by atoms with van der Waals surface area (Å²) in [5.41, 5.74) is 1.37. The average molecular weight is 440 g/mol. The third-order valence-corrected chi connectivity index (χ3v) is 5.59. The topological polar surface area (TPSA) is 139 Å². The smallest absolute Gasteiger partial charge is 0.261 e. The highest BCUT2D eigenvalue weighted by atomic mass is 32.2. The lowest BCUT2D eigenvalue weighted by Crippen LogP contribution is -2.33. The highest BCUT2D eigenvalue weighted by molar-refractivity contribution is 7.92. The Balaban J connectivity index is 2.04. The van der Waals surface area contributed by atoms with Crippen molar-refractivity contribution < 1.29 is 26.4 Å². The molecule has 0 saturated carbocycles. The molecule has 9 nitrogen and oxygen atoms in total. The number of anilines is 1. The van der Waals surface area contributed by atoms with Crippen LogP contribution in [0.3, 0.4) is 0 Å². The van der Waals surface area contributed by atoms with Crippen molar-refractivity contribution in [3.8, 4) is 0 Å². The van der Waals surface area contributed by atoms with Gasteiger partial charge in [0, 0.05) is 24.2 Å². The SMILES string of the molecule is Cc1cccc(NS(=O)(=O)c2cccc(C(=O)NCCC(=O)NS(C)(=O)=O)c2)c1. The molecule has 0 aliphatic carbocycles. The van der Waals surface area contributed by atoms with Gasteiger partial charge in [0.15, 0.2) is 0 Å². The van der Waals surface area contributed by atoms with Gasteiger partial charge in [-0.1, -0.05) is 18.2 Å². The van der Waals surface area contributed by atoms with Crippen LogP contribution in [0.5, 0.6) is 0 Å². The lowest BCUT2D eigenvalue weighted by Gasteiger charge is -2.10. The summed E-state index contributed by atoms with van der Waals surface area (Å²) in [4.78, 5) is 23.6. The molecule has 0 unspecified atom stereocenters. The Morgan fingerprint density at radius 3 is 2.31 bits per heavy atom. The largest absolute Gasteiger partial charge is 0.352 e.